The minimum absolute atomic E-state index is 1.10. The van der Waals surface area contributed by atoms with Gasteiger partial charge in [-0.05, 0) is 163 Å². The monoisotopic (exact) mass is 612 g/mol. The second-order valence-electron chi connectivity index (χ2n) is 13.5. The van der Waals surface area contributed by atoms with E-state index < -0.39 is 0 Å². The fourth-order valence-electron chi connectivity index (χ4n) is 8.37. The lowest BCUT2D eigenvalue weighted by molar-refractivity contribution is 0.886. The van der Waals surface area contributed by atoms with Crippen LogP contribution in [0.5, 0.6) is 0 Å². The van der Waals surface area contributed by atoms with Gasteiger partial charge in [-0.25, -0.2) is 0 Å². The summed E-state index contributed by atoms with van der Waals surface area (Å²) in [5, 5.41) is 0. The van der Waals surface area contributed by atoms with Crippen molar-refractivity contribution in [3.05, 3.63) is 142 Å². The first-order valence-electron chi connectivity index (χ1n) is 17.5. The summed E-state index contributed by atoms with van der Waals surface area (Å²) in [4.78, 5) is 0. The van der Waals surface area contributed by atoms with E-state index in [1.165, 1.54) is 78.7 Å². The highest BCUT2D eigenvalue weighted by atomic mass is 15.0. The second kappa shape index (κ2) is 12.1. The molecular weight excluding hydrogens is 569 g/mol. The van der Waals surface area contributed by atoms with Gasteiger partial charge in [-0.1, -0.05) is 74.5 Å². The van der Waals surface area contributed by atoms with Gasteiger partial charge in [-0.2, -0.15) is 0 Å². The molecule has 3 aliphatic rings. The van der Waals surface area contributed by atoms with Crippen molar-refractivity contribution in [2.45, 2.75) is 72.1 Å². The molecule has 5 aromatic rings. The van der Waals surface area contributed by atoms with E-state index in [4.69, 9.17) is 0 Å². The van der Waals surface area contributed by atoms with E-state index in [-0.39, 0.29) is 0 Å². The van der Waals surface area contributed by atoms with Crippen LogP contribution in [-0.4, -0.2) is 9.13 Å². The number of nitrogens with zero attached hydrogens (tertiary/aromatic N) is 2. The summed E-state index contributed by atoms with van der Waals surface area (Å²) in [6, 6.07) is 23.1. The van der Waals surface area contributed by atoms with Crippen LogP contribution >= 0.6 is 0 Å². The normalized spacial score (nSPS) is 14.6. The molecule has 0 N–H and O–H groups in total. The summed E-state index contributed by atoms with van der Waals surface area (Å²) >= 11 is 0. The van der Waals surface area contributed by atoms with Gasteiger partial charge >= 0.3 is 0 Å². The smallest absolute Gasteiger partial charge is 0.0494 e. The fraction of sp³-hybridized carbons (Fsp3) is 0.244. The van der Waals surface area contributed by atoms with Crippen molar-refractivity contribution in [1.29, 1.82) is 0 Å². The van der Waals surface area contributed by atoms with Gasteiger partial charge in [-0.3, -0.25) is 0 Å². The molecule has 3 aromatic carbocycles. The van der Waals surface area contributed by atoms with Crippen LogP contribution in [0, 0.1) is 13.8 Å². The quantitative estimate of drug-likeness (QED) is 0.173. The van der Waals surface area contributed by atoms with Gasteiger partial charge in [0.1, 0.15) is 0 Å². The first kappa shape index (κ1) is 29.6. The van der Waals surface area contributed by atoms with E-state index in [9.17, 15) is 0 Å². The molecule has 0 bridgehead atoms. The standard InChI is InChI=1S/C45H44N2/c1-5-13-36-37-14-7-10-17-43(37)46(42(36)6-2)34-24-20-32(21-25-34)40-28-31(4)41(29-30(40)3)33-22-26-35(27-23-33)47-44-18-11-8-15-38(44)39-16-9-12-19-45(39)47/h6,10-12,17-29H,2,5,7-9,13-16H2,1,3-4H3. The summed E-state index contributed by atoms with van der Waals surface area (Å²) in [5.41, 5.74) is 21.6. The molecule has 3 aliphatic carbocycles. The number of aryl methyl sites for hydroxylation is 2. The number of hydrogen-bond acceptors (Lipinski definition) is 0. The molecule has 2 nitrogen and oxygen atoms in total. The van der Waals surface area contributed by atoms with Crippen molar-refractivity contribution < 1.29 is 0 Å². The predicted molar refractivity (Wildman–Crippen MR) is 202 cm³/mol. The van der Waals surface area contributed by atoms with E-state index in [1.54, 1.807) is 11.1 Å². The van der Waals surface area contributed by atoms with Crippen LogP contribution in [-0.2, 0) is 25.7 Å². The van der Waals surface area contributed by atoms with Crippen LogP contribution in [0.3, 0.4) is 0 Å². The molecular formula is C45H44N2. The molecule has 2 heterocycles. The average Bonchev–Trinajstić information content (AvgIpc) is 3.62. The van der Waals surface area contributed by atoms with E-state index in [0.717, 1.165) is 51.4 Å². The molecule has 0 spiro atoms. The third-order valence-corrected chi connectivity index (χ3v) is 10.6. The van der Waals surface area contributed by atoms with Crippen molar-refractivity contribution >= 4 is 24.3 Å². The van der Waals surface area contributed by atoms with Crippen molar-refractivity contribution in [3.8, 4) is 33.6 Å². The van der Waals surface area contributed by atoms with Crippen LogP contribution in [0.1, 0.15) is 88.8 Å². The zero-order valence-corrected chi connectivity index (χ0v) is 28.1. The Morgan fingerprint density at radius 1 is 0.617 bits per heavy atom. The van der Waals surface area contributed by atoms with Crippen molar-refractivity contribution in [3.63, 3.8) is 0 Å². The molecule has 47 heavy (non-hydrogen) atoms. The molecule has 0 saturated heterocycles. The maximum atomic E-state index is 4.22. The van der Waals surface area contributed by atoms with Gasteiger partial charge in [0.15, 0.2) is 0 Å². The molecule has 0 aliphatic heterocycles. The van der Waals surface area contributed by atoms with Crippen LogP contribution < -0.4 is 0 Å². The van der Waals surface area contributed by atoms with Gasteiger partial charge in [-0.15, -0.1) is 0 Å². The van der Waals surface area contributed by atoms with Crippen LogP contribution in [0.2, 0.25) is 0 Å². The lowest BCUT2D eigenvalue weighted by Gasteiger charge is -2.16. The average molecular weight is 613 g/mol. The van der Waals surface area contributed by atoms with Gasteiger partial charge in [0.2, 0.25) is 0 Å². The molecule has 0 saturated carbocycles. The lowest BCUT2D eigenvalue weighted by atomic mass is 9.92. The summed E-state index contributed by atoms with van der Waals surface area (Å²) < 4.78 is 4.90. The zero-order chi connectivity index (χ0) is 32.1. The van der Waals surface area contributed by atoms with Gasteiger partial charge in [0, 0.05) is 34.2 Å². The molecule has 8 rings (SSSR count). The summed E-state index contributed by atoms with van der Waals surface area (Å²) in [6.07, 6.45) is 25.1. The highest BCUT2D eigenvalue weighted by Crippen LogP contribution is 2.38. The van der Waals surface area contributed by atoms with Crippen LogP contribution in [0.4, 0.5) is 0 Å². The summed E-state index contributed by atoms with van der Waals surface area (Å²) in [7, 11) is 0. The molecule has 0 fully saturated rings. The first-order valence-corrected chi connectivity index (χ1v) is 17.5. The maximum absolute atomic E-state index is 4.22. The largest absolute Gasteiger partial charge is 0.310 e. The topological polar surface area (TPSA) is 9.86 Å². The fourth-order valence-corrected chi connectivity index (χ4v) is 8.37. The number of fused-ring (bicyclic) bond motifs is 4. The molecule has 0 radical (unpaired) electrons. The number of hydrogen-bond donors (Lipinski definition) is 0. The Bertz CT molecular complexity index is 2060. The third-order valence-electron chi connectivity index (χ3n) is 10.6. The number of aromatic nitrogens is 2. The molecule has 0 amide bonds. The Morgan fingerprint density at radius 3 is 1.53 bits per heavy atom. The number of benzene rings is 3. The molecule has 0 unspecified atom stereocenters. The zero-order valence-electron chi connectivity index (χ0n) is 28.1. The third kappa shape index (κ3) is 4.93. The number of allylic oxidation sites excluding steroid dienone is 3. The molecule has 2 aromatic heterocycles. The van der Waals surface area contributed by atoms with Crippen molar-refractivity contribution in [2.24, 2.45) is 0 Å². The van der Waals surface area contributed by atoms with E-state index >= 15 is 0 Å². The van der Waals surface area contributed by atoms with Crippen LogP contribution in [0.25, 0.3) is 57.9 Å². The molecule has 2 heteroatoms. The van der Waals surface area contributed by atoms with E-state index in [2.05, 4.69) is 140 Å². The van der Waals surface area contributed by atoms with Gasteiger partial charge in [0.05, 0.1) is 0 Å². The van der Waals surface area contributed by atoms with E-state index in [1.807, 2.05) is 0 Å². The van der Waals surface area contributed by atoms with E-state index in [0.29, 0.717) is 0 Å². The minimum atomic E-state index is 1.10. The molecule has 234 valence electrons. The SMILES string of the molecule is C=Cc1c(CCC)c2c(n1-c1ccc(-c3cc(C)c(-c4ccc(-n5c6c(c7c5C=CCC7)CCC=C6)cc4)cc3C)cc1)C=CCC2. The number of rotatable bonds is 7. The van der Waals surface area contributed by atoms with Crippen LogP contribution in [0.15, 0.2) is 85.5 Å². The second-order valence-corrected chi connectivity index (χ2v) is 13.5. The Morgan fingerprint density at radius 2 is 1.06 bits per heavy atom. The summed E-state index contributed by atoms with van der Waals surface area (Å²) in [6.45, 7) is 11.0. The maximum Gasteiger partial charge on any atom is 0.0494 e. The Kier molecular flexibility index (Phi) is 7.60. The first-order chi connectivity index (χ1) is 23.1. The highest BCUT2D eigenvalue weighted by Gasteiger charge is 2.24. The van der Waals surface area contributed by atoms with Gasteiger partial charge in [0.25, 0.3) is 0 Å². The lowest BCUT2D eigenvalue weighted by Crippen LogP contribution is -2.02. The Hall–Kier alpha value is -4.82. The minimum Gasteiger partial charge on any atom is -0.310 e. The predicted octanol–water partition coefficient (Wildman–Crippen LogP) is 11.7. The van der Waals surface area contributed by atoms with Crippen molar-refractivity contribution in [2.75, 3.05) is 0 Å². The Balaban J connectivity index is 1.11. The highest BCUT2D eigenvalue weighted by molar-refractivity contribution is 5.78. The van der Waals surface area contributed by atoms with Crippen molar-refractivity contribution in [1.82, 2.24) is 9.13 Å². The Labute approximate surface area is 280 Å². The van der Waals surface area contributed by atoms with Gasteiger partial charge < -0.3 is 9.13 Å². The summed E-state index contributed by atoms with van der Waals surface area (Å²) in [5.74, 6) is 0. The molecule has 0 atom stereocenters.